The van der Waals surface area contributed by atoms with Gasteiger partial charge in [-0.2, -0.15) is 0 Å². The Morgan fingerprint density at radius 1 is 1.57 bits per heavy atom. The van der Waals surface area contributed by atoms with Crippen LogP contribution in [0.3, 0.4) is 0 Å². The van der Waals surface area contributed by atoms with Crippen molar-refractivity contribution in [1.29, 1.82) is 0 Å². The number of primary amides is 1. The quantitative estimate of drug-likeness (QED) is 0.613. The van der Waals surface area contributed by atoms with Gasteiger partial charge in [0.1, 0.15) is 0 Å². The molecule has 0 aromatic carbocycles. The molecule has 1 aromatic rings. The van der Waals surface area contributed by atoms with E-state index in [2.05, 4.69) is 10.2 Å². The van der Waals surface area contributed by atoms with Gasteiger partial charge in [-0.05, 0) is 26.1 Å². The molecule has 6 nitrogen and oxygen atoms in total. The topological polar surface area (TPSA) is 96.7 Å². The van der Waals surface area contributed by atoms with Gasteiger partial charge >= 0.3 is 5.69 Å². The van der Waals surface area contributed by atoms with E-state index in [1.165, 1.54) is 4.57 Å². The van der Waals surface area contributed by atoms with E-state index in [4.69, 9.17) is 18.0 Å². The van der Waals surface area contributed by atoms with E-state index in [1.807, 2.05) is 0 Å². The normalized spacial score (nSPS) is 11.6. The number of nitrogens with zero attached hydrogens (tertiary/aromatic N) is 1. The summed E-state index contributed by atoms with van der Waals surface area (Å²) in [5, 5.41) is 4.85. The van der Waals surface area contributed by atoms with Crippen LogP contribution >= 0.6 is 12.2 Å². The molecule has 0 spiro atoms. The van der Waals surface area contributed by atoms with Gasteiger partial charge < -0.3 is 5.73 Å². The van der Waals surface area contributed by atoms with Crippen molar-refractivity contribution < 1.29 is 4.79 Å². The molecule has 0 aliphatic rings. The number of rotatable bonds is 3. The van der Waals surface area contributed by atoms with Crippen LogP contribution in [0.1, 0.15) is 20.3 Å². The van der Waals surface area contributed by atoms with Crippen LogP contribution in [0.5, 0.6) is 0 Å². The molecule has 0 aliphatic heterocycles. The van der Waals surface area contributed by atoms with Gasteiger partial charge in [-0.1, -0.05) is 0 Å². The van der Waals surface area contributed by atoms with E-state index >= 15 is 0 Å². The molecule has 1 rings (SSSR count). The highest BCUT2D eigenvalue weighted by Gasteiger charge is 2.25. The van der Waals surface area contributed by atoms with E-state index in [1.54, 1.807) is 13.8 Å². The lowest BCUT2D eigenvalue weighted by Crippen LogP contribution is -2.38. The number of amides is 1. The van der Waals surface area contributed by atoms with Crippen molar-refractivity contribution in [2.24, 2.45) is 5.73 Å². The van der Waals surface area contributed by atoms with Gasteiger partial charge in [-0.25, -0.2) is 9.89 Å². The lowest BCUT2D eigenvalue weighted by molar-refractivity contribution is -0.119. The molecule has 0 aliphatic carbocycles. The predicted molar refractivity (Wildman–Crippen MR) is 53.4 cm³/mol. The zero-order chi connectivity index (χ0) is 10.9. The molecule has 0 radical (unpaired) electrons. The summed E-state index contributed by atoms with van der Waals surface area (Å²) in [6.07, 6.45) is 0.0578. The highest BCUT2D eigenvalue weighted by atomic mass is 32.1. The van der Waals surface area contributed by atoms with E-state index in [0.29, 0.717) is 0 Å². The van der Waals surface area contributed by atoms with E-state index in [9.17, 15) is 9.59 Å². The number of nitrogens with two attached hydrogens (primary N) is 1. The van der Waals surface area contributed by atoms with Crippen molar-refractivity contribution in [3.8, 4) is 0 Å². The van der Waals surface area contributed by atoms with E-state index in [-0.39, 0.29) is 16.9 Å². The van der Waals surface area contributed by atoms with Gasteiger partial charge in [0.25, 0.3) is 0 Å². The van der Waals surface area contributed by atoms with Crippen LogP contribution in [-0.2, 0) is 10.3 Å². The molecule has 1 heterocycles. The number of hydrogen-bond donors (Lipinski definition) is 3. The minimum Gasteiger partial charge on any atom is -0.370 e. The molecule has 0 fully saturated rings. The average molecular weight is 216 g/mol. The first-order valence-corrected chi connectivity index (χ1v) is 4.44. The number of nitrogens with one attached hydrogen (secondary N) is 2. The molecule has 14 heavy (non-hydrogen) atoms. The van der Waals surface area contributed by atoms with Gasteiger partial charge in [0.15, 0.2) is 4.77 Å². The number of carbonyl (C=O) groups is 1. The van der Waals surface area contributed by atoms with Crippen molar-refractivity contribution in [1.82, 2.24) is 14.8 Å². The Morgan fingerprint density at radius 2 is 2.14 bits per heavy atom. The summed E-state index contributed by atoms with van der Waals surface area (Å²) in [5.74, 6) is -0.475. The Bertz CT molecular complexity index is 425. The summed E-state index contributed by atoms with van der Waals surface area (Å²) in [6, 6.07) is 0. The zero-order valence-corrected chi connectivity index (χ0v) is 8.77. The number of aromatic nitrogens is 3. The lowest BCUT2D eigenvalue weighted by Gasteiger charge is -2.22. The van der Waals surface area contributed by atoms with Crippen LogP contribution in [0.25, 0.3) is 0 Å². The Hall–Kier alpha value is -1.37. The van der Waals surface area contributed by atoms with Gasteiger partial charge in [0.05, 0.1) is 5.54 Å². The highest BCUT2D eigenvalue weighted by Crippen LogP contribution is 2.16. The van der Waals surface area contributed by atoms with Crippen LogP contribution < -0.4 is 11.4 Å². The molecule has 4 N–H and O–H groups in total. The molecule has 0 bridgehead atoms. The number of H-pyrrole nitrogens is 2. The zero-order valence-electron chi connectivity index (χ0n) is 7.96. The van der Waals surface area contributed by atoms with Gasteiger partial charge in [0.2, 0.25) is 5.91 Å². The second kappa shape index (κ2) is 3.41. The molecule has 0 saturated carbocycles. The predicted octanol–water partition coefficient (Wildman–Crippen LogP) is -0.156. The van der Waals surface area contributed by atoms with Crippen molar-refractivity contribution in [3.63, 3.8) is 0 Å². The minimum atomic E-state index is -0.712. The summed E-state index contributed by atoms with van der Waals surface area (Å²) in [6.45, 7) is 3.44. The maximum Gasteiger partial charge on any atom is 0.342 e. The number of hydrogen-bond acceptors (Lipinski definition) is 3. The second-order valence-corrected chi connectivity index (χ2v) is 4.04. The third kappa shape index (κ3) is 1.92. The standard InChI is InChI=1S/C7H12N4O2S/c1-7(2,3-4(8)12)11-5(13)9-10-6(11)14/h3H2,1-2H3,(H2,8,12)(H,9,13)(H,10,14). The van der Waals surface area contributed by atoms with Crippen LogP contribution in [0.15, 0.2) is 4.79 Å². The molecule has 7 heteroatoms. The van der Waals surface area contributed by atoms with E-state index in [0.717, 1.165) is 0 Å². The molecule has 78 valence electrons. The Labute approximate surface area is 85.1 Å². The molecule has 1 amide bonds. The Balaban J connectivity index is 3.22. The summed E-state index contributed by atoms with van der Waals surface area (Å²) in [7, 11) is 0. The van der Waals surface area contributed by atoms with Crippen LogP contribution in [0.2, 0.25) is 0 Å². The maximum atomic E-state index is 11.3. The van der Waals surface area contributed by atoms with Gasteiger partial charge in [0, 0.05) is 6.42 Å². The summed E-state index contributed by atoms with van der Waals surface area (Å²) < 4.78 is 1.55. The van der Waals surface area contributed by atoms with E-state index < -0.39 is 11.4 Å². The van der Waals surface area contributed by atoms with Crippen LogP contribution in [-0.4, -0.2) is 20.7 Å². The lowest BCUT2D eigenvalue weighted by atomic mass is 10.0. The summed E-state index contributed by atoms with van der Waals surface area (Å²) in [5.41, 5.74) is 3.99. The largest absolute Gasteiger partial charge is 0.370 e. The third-order valence-electron chi connectivity index (χ3n) is 1.89. The monoisotopic (exact) mass is 216 g/mol. The average Bonchev–Trinajstić information content (AvgIpc) is 2.27. The minimum absolute atomic E-state index is 0.0578. The first-order chi connectivity index (χ1) is 6.34. The molecule has 1 aromatic heterocycles. The Morgan fingerprint density at radius 3 is 2.50 bits per heavy atom. The number of carbonyl (C=O) groups excluding carboxylic acids is 1. The molecule has 0 saturated heterocycles. The van der Waals surface area contributed by atoms with Crippen molar-refractivity contribution in [3.05, 3.63) is 15.3 Å². The summed E-state index contributed by atoms with van der Waals surface area (Å²) in [4.78, 5) is 22.1. The molecule has 0 unspecified atom stereocenters. The maximum absolute atomic E-state index is 11.3. The number of aromatic amines is 2. The van der Waals surface area contributed by atoms with Crippen molar-refractivity contribution in [2.45, 2.75) is 25.8 Å². The molecule has 0 atom stereocenters. The highest BCUT2D eigenvalue weighted by molar-refractivity contribution is 7.71. The van der Waals surface area contributed by atoms with Gasteiger partial charge in [-0.15, -0.1) is 0 Å². The van der Waals surface area contributed by atoms with Gasteiger partial charge in [-0.3, -0.25) is 14.5 Å². The first kappa shape index (κ1) is 10.7. The molecular weight excluding hydrogens is 204 g/mol. The second-order valence-electron chi connectivity index (χ2n) is 3.65. The van der Waals surface area contributed by atoms with Crippen molar-refractivity contribution >= 4 is 18.1 Å². The third-order valence-corrected chi connectivity index (χ3v) is 2.18. The fourth-order valence-electron chi connectivity index (χ4n) is 1.37. The SMILES string of the molecule is CC(C)(CC(N)=O)n1c(=O)[nH][nH]c1=S. The summed E-state index contributed by atoms with van der Waals surface area (Å²) >= 11 is 4.90. The fourth-order valence-corrected chi connectivity index (χ4v) is 1.75. The van der Waals surface area contributed by atoms with Crippen LogP contribution in [0.4, 0.5) is 0 Å². The van der Waals surface area contributed by atoms with Crippen LogP contribution in [0, 0.1) is 4.77 Å². The first-order valence-electron chi connectivity index (χ1n) is 4.03. The Kier molecular flexibility index (Phi) is 2.61. The molecular formula is C7H12N4O2S. The smallest absolute Gasteiger partial charge is 0.342 e. The fraction of sp³-hybridized carbons (Fsp3) is 0.571. The van der Waals surface area contributed by atoms with Crippen molar-refractivity contribution in [2.75, 3.05) is 0 Å².